The van der Waals surface area contributed by atoms with Crippen molar-refractivity contribution < 1.29 is 8.83 Å². The molecule has 0 aliphatic carbocycles. The van der Waals surface area contributed by atoms with E-state index in [1.807, 2.05) is 6.07 Å². The molecule has 0 radical (unpaired) electrons. The second kappa shape index (κ2) is 13.4. The van der Waals surface area contributed by atoms with Crippen molar-refractivity contribution in [3.05, 3.63) is 212 Å². The van der Waals surface area contributed by atoms with E-state index in [1.54, 1.807) is 0 Å². The summed E-state index contributed by atoms with van der Waals surface area (Å²) in [5.41, 5.74) is 13.2. The van der Waals surface area contributed by atoms with E-state index in [0.717, 1.165) is 94.3 Å². The van der Waals surface area contributed by atoms with Crippen LogP contribution in [0.1, 0.15) is 0 Å². The van der Waals surface area contributed by atoms with Crippen molar-refractivity contribution in [1.82, 2.24) is 0 Å². The summed E-state index contributed by atoms with van der Waals surface area (Å²) in [5, 5.41) is 9.16. The van der Waals surface area contributed by atoms with Crippen LogP contribution < -0.4 is 4.90 Å². The number of rotatable bonds is 6. The van der Waals surface area contributed by atoms with Crippen LogP contribution in [-0.2, 0) is 0 Å². The van der Waals surface area contributed by atoms with E-state index in [2.05, 4.69) is 211 Å². The fraction of sp³-hybridized carbons (Fsp3) is 0. The molecule has 3 nitrogen and oxygen atoms in total. The van der Waals surface area contributed by atoms with Crippen LogP contribution in [0.4, 0.5) is 17.1 Å². The molecule has 0 N–H and O–H groups in total. The van der Waals surface area contributed by atoms with E-state index in [-0.39, 0.29) is 0 Å². The average Bonchev–Trinajstić information content (AvgIpc) is 3.88. The van der Waals surface area contributed by atoms with Crippen LogP contribution in [0.5, 0.6) is 0 Å². The molecule has 0 saturated carbocycles. The van der Waals surface area contributed by atoms with E-state index in [4.69, 9.17) is 8.83 Å². The molecule has 0 fully saturated rings. The topological polar surface area (TPSA) is 29.5 Å². The fourth-order valence-corrected chi connectivity index (χ4v) is 8.99. The molecule has 0 amide bonds. The summed E-state index contributed by atoms with van der Waals surface area (Å²) in [6.45, 7) is 0. The molecule has 59 heavy (non-hydrogen) atoms. The molecule has 3 heteroatoms. The molecule has 12 aromatic rings. The van der Waals surface area contributed by atoms with E-state index in [9.17, 15) is 0 Å². The third-order valence-electron chi connectivity index (χ3n) is 11.8. The number of hydrogen-bond donors (Lipinski definition) is 0. The van der Waals surface area contributed by atoms with Gasteiger partial charge in [0.25, 0.3) is 0 Å². The summed E-state index contributed by atoms with van der Waals surface area (Å²) in [6.07, 6.45) is 0. The molecule has 0 spiro atoms. The van der Waals surface area contributed by atoms with Gasteiger partial charge in [-0.2, -0.15) is 0 Å². The molecule has 0 atom stereocenters. The molecule has 276 valence electrons. The highest BCUT2D eigenvalue weighted by Crippen LogP contribution is 2.48. The molecule has 0 bridgehead atoms. The summed E-state index contributed by atoms with van der Waals surface area (Å²) in [4.78, 5) is 2.37. The van der Waals surface area contributed by atoms with Crippen LogP contribution >= 0.6 is 0 Å². The van der Waals surface area contributed by atoms with E-state index < -0.39 is 0 Å². The minimum atomic E-state index is 0.834. The standard InChI is InChI=1S/C56H35NO2/c1-4-12-36(13-5-1)40-22-26-48-49-29-25-44(35-54(49)58-52(48)33-40)57(43-24-28-46-42(32-43)21-20-39-18-10-11-19-45(39)46)51-31-30-47(38-16-8-3-9-17-38)56-55(51)50-27-23-41(34-53(50)59-56)37-14-6-2-7-15-37/h1-35H. The number of anilines is 3. The first kappa shape index (κ1) is 33.3. The molecule has 0 aliphatic heterocycles. The lowest BCUT2D eigenvalue weighted by atomic mass is 9.98. The molecular weight excluding hydrogens is 719 g/mol. The zero-order chi connectivity index (χ0) is 38.9. The Bertz CT molecular complexity index is 3550. The highest BCUT2D eigenvalue weighted by atomic mass is 16.3. The van der Waals surface area contributed by atoms with Crippen molar-refractivity contribution in [3.63, 3.8) is 0 Å². The van der Waals surface area contributed by atoms with Crippen LogP contribution in [0.3, 0.4) is 0 Å². The summed E-state index contributed by atoms with van der Waals surface area (Å²) >= 11 is 0. The Morgan fingerprint density at radius 1 is 0.305 bits per heavy atom. The van der Waals surface area contributed by atoms with Gasteiger partial charge in [0.1, 0.15) is 22.3 Å². The van der Waals surface area contributed by atoms with Gasteiger partial charge in [0.05, 0.1) is 11.1 Å². The van der Waals surface area contributed by atoms with Crippen molar-refractivity contribution in [3.8, 4) is 33.4 Å². The van der Waals surface area contributed by atoms with Crippen LogP contribution in [0.25, 0.3) is 98.8 Å². The molecular formula is C56H35NO2. The highest BCUT2D eigenvalue weighted by molar-refractivity contribution is 6.18. The number of furan rings is 2. The van der Waals surface area contributed by atoms with Crippen molar-refractivity contribution in [2.45, 2.75) is 0 Å². The summed E-state index contributed by atoms with van der Waals surface area (Å²) in [6, 6.07) is 75.6. The van der Waals surface area contributed by atoms with Gasteiger partial charge in [0, 0.05) is 39.2 Å². The van der Waals surface area contributed by atoms with Gasteiger partial charge in [0.2, 0.25) is 0 Å². The Labute approximate surface area is 340 Å². The Balaban J connectivity index is 1.11. The van der Waals surface area contributed by atoms with Gasteiger partial charge < -0.3 is 13.7 Å². The maximum Gasteiger partial charge on any atom is 0.145 e. The maximum atomic E-state index is 6.99. The minimum absolute atomic E-state index is 0.834. The fourth-order valence-electron chi connectivity index (χ4n) is 8.99. The lowest BCUT2D eigenvalue weighted by Gasteiger charge is -2.27. The predicted molar refractivity (Wildman–Crippen MR) is 247 cm³/mol. The maximum absolute atomic E-state index is 6.99. The van der Waals surface area contributed by atoms with Crippen molar-refractivity contribution in [1.29, 1.82) is 0 Å². The SMILES string of the molecule is c1ccc(-c2ccc3c(c2)oc2cc(N(c4ccc5c(ccc6ccccc65)c4)c4ccc(-c5ccccc5)c5oc6cc(-c7ccccc7)ccc6c45)ccc23)cc1. The third-order valence-corrected chi connectivity index (χ3v) is 11.8. The highest BCUT2D eigenvalue weighted by Gasteiger charge is 2.24. The van der Waals surface area contributed by atoms with Gasteiger partial charge in [-0.05, 0) is 110 Å². The first-order chi connectivity index (χ1) is 29.2. The Morgan fingerprint density at radius 2 is 0.831 bits per heavy atom. The number of fused-ring (bicyclic) bond motifs is 9. The molecule has 2 aromatic heterocycles. The normalized spacial score (nSPS) is 11.7. The number of benzene rings is 10. The van der Waals surface area contributed by atoms with Gasteiger partial charge >= 0.3 is 0 Å². The lowest BCUT2D eigenvalue weighted by molar-refractivity contribution is 0.669. The Hall–Kier alpha value is -7.88. The lowest BCUT2D eigenvalue weighted by Crippen LogP contribution is -2.10. The quantitative estimate of drug-likeness (QED) is 0.158. The van der Waals surface area contributed by atoms with Crippen LogP contribution in [0, 0.1) is 0 Å². The second-order valence-corrected chi connectivity index (χ2v) is 15.3. The molecule has 12 rings (SSSR count). The molecule has 0 saturated heterocycles. The summed E-state index contributed by atoms with van der Waals surface area (Å²) in [5.74, 6) is 0. The van der Waals surface area contributed by atoms with Crippen molar-refractivity contribution in [2.75, 3.05) is 4.90 Å². The summed E-state index contributed by atoms with van der Waals surface area (Å²) < 4.78 is 13.7. The molecule has 10 aromatic carbocycles. The van der Waals surface area contributed by atoms with Crippen molar-refractivity contribution >= 4 is 82.5 Å². The second-order valence-electron chi connectivity index (χ2n) is 15.3. The zero-order valence-electron chi connectivity index (χ0n) is 32.0. The predicted octanol–water partition coefficient (Wildman–Crippen LogP) is 16.3. The van der Waals surface area contributed by atoms with Crippen LogP contribution in [0.2, 0.25) is 0 Å². The van der Waals surface area contributed by atoms with E-state index >= 15 is 0 Å². The minimum Gasteiger partial charge on any atom is -0.456 e. The Morgan fingerprint density at radius 3 is 1.54 bits per heavy atom. The van der Waals surface area contributed by atoms with Gasteiger partial charge in [-0.15, -0.1) is 0 Å². The first-order valence-electron chi connectivity index (χ1n) is 20.1. The average molecular weight is 754 g/mol. The smallest absolute Gasteiger partial charge is 0.145 e. The van der Waals surface area contributed by atoms with Crippen LogP contribution in [-0.4, -0.2) is 0 Å². The third kappa shape index (κ3) is 5.51. The number of nitrogens with zero attached hydrogens (tertiary/aromatic N) is 1. The van der Waals surface area contributed by atoms with Gasteiger partial charge in [-0.3, -0.25) is 0 Å². The van der Waals surface area contributed by atoms with Gasteiger partial charge in [-0.25, -0.2) is 0 Å². The molecule has 0 unspecified atom stereocenters. The van der Waals surface area contributed by atoms with E-state index in [0.29, 0.717) is 0 Å². The Kier molecular flexibility index (Phi) is 7.54. The first-order valence-corrected chi connectivity index (χ1v) is 20.1. The monoisotopic (exact) mass is 753 g/mol. The zero-order valence-corrected chi connectivity index (χ0v) is 32.0. The van der Waals surface area contributed by atoms with Crippen LogP contribution in [0.15, 0.2) is 221 Å². The number of hydrogen-bond acceptors (Lipinski definition) is 3. The van der Waals surface area contributed by atoms with Gasteiger partial charge in [0.15, 0.2) is 0 Å². The molecule has 2 heterocycles. The summed E-state index contributed by atoms with van der Waals surface area (Å²) in [7, 11) is 0. The van der Waals surface area contributed by atoms with Gasteiger partial charge in [-0.1, -0.05) is 146 Å². The molecule has 0 aliphatic rings. The van der Waals surface area contributed by atoms with E-state index in [1.165, 1.54) is 21.5 Å². The largest absolute Gasteiger partial charge is 0.456 e. The van der Waals surface area contributed by atoms with Crippen molar-refractivity contribution in [2.24, 2.45) is 0 Å².